The van der Waals surface area contributed by atoms with Crippen molar-refractivity contribution in [2.75, 3.05) is 6.54 Å². The number of hydrogen-bond donors (Lipinski definition) is 1. The van der Waals surface area contributed by atoms with Gasteiger partial charge in [-0.3, -0.25) is 0 Å². The van der Waals surface area contributed by atoms with Gasteiger partial charge >= 0.3 is 0 Å². The topological polar surface area (TPSA) is 64.9 Å². The first-order chi connectivity index (χ1) is 5.83. The second-order valence-corrected chi connectivity index (χ2v) is 3.96. The average Bonchev–Trinajstić information content (AvgIpc) is 2.53. The van der Waals surface area contributed by atoms with Gasteiger partial charge in [-0.25, -0.2) is 0 Å². The van der Waals surface area contributed by atoms with Crippen LogP contribution in [0.3, 0.4) is 0 Å². The lowest BCUT2D eigenvalue weighted by molar-refractivity contribution is 0.390. The van der Waals surface area contributed by atoms with Crippen molar-refractivity contribution in [1.82, 2.24) is 10.1 Å². The standard InChI is InChI=1S/C7H13N3OS/c1-6(2-3-8)12-4-7-9-5-10-11-7/h5-6H,2-4,8H2,1H3. The maximum Gasteiger partial charge on any atom is 0.236 e. The van der Waals surface area contributed by atoms with Gasteiger partial charge in [0, 0.05) is 5.25 Å². The first-order valence-corrected chi connectivity index (χ1v) is 4.95. The summed E-state index contributed by atoms with van der Waals surface area (Å²) < 4.78 is 4.85. The number of nitrogens with two attached hydrogens (primary N) is 1. The minimum atomic E-state index is 0.557. The van der Waals surface area contributed by atoms with Crippen LogP contribution in [0.1, 0.15) is 19.2 Å². The van der Waals surface area contributed by atoms with Crippen molar-refractivity contribution in [3.8, 4) is 0 Å². The molecule has 0 radical (unpaired) electrons. The van der Waals surface area contributed by atoms with Crippen LogP contribution in [0.2, 0.25) is 0 Å². The molecule has 0 saturated carbocycles. The molecule has 0 aliphatic heterocycles. The number of hydrogen-bond acceptors (Lipinski definition) is 5. The largest absolute Gasteiger partial charge is 0.339 e. The monoisotopic (exact) mass is 187 g/mol. The third-order valence-corrected chi connectivity index (χ3v) is 2.69. The van der Waals surface area contributed by atoms with E-state index < -0.39 is 0 Å². The molecule has 1 aromatic rings. The van der Waals surface area contributed by atoms with E-state index in [4.69, 9.17) is 10.3 Å². The molecule has 2 N–H and O–H groups in total. The second kappa shape index (κ2) is 5.16. The quantitative estimate of drug-likeness (QED) is 0.746. The van der Waals surface area contributed by atoms with Crippen LogP contribution in [0.15, 0.2) is 10.9 Å². The summed E-state index contributed by atoms with van der Waals surface area (Å²) in [7, 11) is 0. The zero-order valence-electron chi connectivity index (χ0n) is 7.06. The highest BCUT2D eigenvalue weighted by Gasteiger charge is 2.04. The van der Waals surface area contributed by atoms with E-state index in [1.54, 1.807) is 11.8 Å². The van der Waals surface area contributed by atoms with E-state index in [0.29, 0.717) is 11.1 Å². The first kappa shape index (κ1) is 9.54. The van der Waals surface area contributed by atoms with Gasteiger partial charge in [-0.05, 0) is 13.0 Å². The Kier molecular flexibility index (Phi) is 4.10. The van der Waals surface area contributed by atoms with Crippen molar-refractivity contribution in [3.63, 3.8) is 0 Å². The van der Waals surface area contributed by atoms with Crippen LogP contribution >= 0.6 is 11.8 Å². The molecule has 5 heteroatoms. The van der Waals surface area contributed by atoms with Crippen LogP contribution in [0.4, 0.5) is 0 Å². The Morgan fingerprint density at radius 2 is 2.58 bits per heavy atom. The van der Waals surface area contributed by atoms with Gasteiger partial charge in [0.05, 0.1) is 5.75 Å². The minimum Gasteiger partial charge on any atom is -0.339 e. The minimum absolute atomic E-state index is 0.557. The second-order valence-electron chi connectivity index (χ2n) is 2.53. The molecule has 4 nitrogen and oxygen atoms in total. The molecule has 68 valence electrons. The van der Waals surface area contributed by atoms with Crippen molar-refractivity contribution in [1.29, 1.82) is 0 Å². The fourth-order valence-corrected chi connectivity index (χ4v) is 1.65. The van der Waals surface area contributed by atoms with Crippen LogP contribution in [-0.2, 0) is 5.75 Å². The lowest BCUT2D eigenvalue weighted by atomic mass is 10.3. The lowest BCUT2D eigenvalue weighted by Gasteiger charge is -2.06. The predicted molar refractivity (Wildman–Crippen MR) is 48.7 cm³/mol. The molecular weight excluding hydrogens is 174 g/mol. The summed E-state index contributed by atoms with van der Waals surface area (Å²) in [6.07, 6.45) is 2.45. The van der Waals surface area contributed by atoms with E-state index in [1.807, 2.05) is 0 Å². The molecule has 0 fully saturated rings. The summed E-state index contributed by atoms with van der Waals surface area (Å²) >= 11 is 1.78. The molecule has 0 bridgehead atoms. The van der Waals surface area contributed by atoms with Gasteiger partial charge in [-0.15, -0.1) is 11.8 Å². The van der Waals surface area contributed by atoms with Crippen molar-refractivity contribution in [2.45, 2.75) is 24.3 Å². The molecular formula is C7H13N3OS. The molecule has 0 amide bonds. The molecule has 0 saturated heterocycles. The average molecular weight is 187 g/mol. The summed E-state index contributed by atoms with van der Waals surface area (Å²) in [5, 5.41) is 4.08. The summed E-state index contributed by atoms with van der Waals surface area (Å²) in [6, 6.07) is 0. The molecule has 0 aliphatic rings. The third-order valence-electron chi connectivity index (χ3n) is 1.47. The van der Waals surface area contributed by atoms with Crippen LogP contribution in [0, 0.1) is 0 Å². The molecule has 0 aromatic carbocycles. The molecule has 1 atom stereocenters. The third kappa shape index (κ3) is 3.23. The maximum absolute atomic E-state index is 5.41. The molecule has 1 unspecified atom stereocenters. The molecule has 1 rings (SSSR count). The number of nitrogens with zero attached hydrogens (tertiary/aromatic N) is 2. The van der Waals surface area contributed by atoms with Gasteiger partial charge in [0.1, 0.15) is 0 Å². The molecule has 12 heavy (non-hydrogen) atoms. The van der Waals surface area contributed by atoms with Gasteiger partial charge in [-0.1, -0.05) is 12.1 Å². The Labute approximate surface area is 75.9 Å². The van der Waals surface area contributed by atoms with Crippen LogP contribution < -0.4 is 5.73 Å². The van der Waals surface area contributed by atoms with E-state index in [2.05, 4.69) is 17.1 Å². The van der Waals surface area contributed by atoms with Gasteiger partial charge in [0.2, 0.25) is 5.89 Å². The van der Waals surface area contributed by atoms with E-state index in [-0.39, 0.29) is 0 Å². The smallest absolute Gasteiger partial charge is 0.236 e. The van der Waals surface area contributed by atoms with Gasteiger partial charge in [-0.2, -0.15) is 4.98 Å². The van der Waals surface area contributed by atoms with Crippen molar-refractivity contribution in [2.24, 2.45) is 5.73 Å². The fraction of sp³-hybridized carbons (Fsp3) is 0.714. The Hall–Kier alpha value is -0.550. The number of thioether (sulfide) groups is 1. The van der Waals surface area contributed by atoms with Crippen LogP contribution in [0.25, 0.3) is 0 Å². The SMILES string of the molecule is CC(CCN)SCc1ncno1. The Morgan fingerprint density at radius 1 is 1.75 bits per heavy atom. The Morgan fingerprint density at radius 3 is 3.17 bits per heavy atom. The zero-order chi connectivity index (χ0) is 8.81. The van der Waals surface area contributed by atoms with E-state index in [9.17, 15) is 0 Å². The lowest BCUT2D eigenvalue weighted by Crippen LogP contribution is -2.07. The fourth-order valence-electron chi connectivity index (χ4n) is 0.791. The van der Waals surface area contributed by atoms with Gasteiger partial charge in [0.15, 0.2) is 6.33 Å². The summed E-state index contributed by atoms with van der Waals surface area (Å²) in [6.45, 7) is 2.88. The van der Waals surface area contributed by atoms with Crippen molar-refractivity contribution < 1.29 is 4.52 Å². The van der Waals surface area contributed by atoms with Crippen LogP contribution in [0.5, 0.6) is 0 Å². The van der Waals surface area contributed by atoms with Crippen molar-refractivity contribution >= 4 is 11.8 Å². The highest BCUT2D eigenvalue weighted by atomic mass is 32.2. The maximum atomic E-state index is 5.41. The summed E-state index contributed by atoms with van der Waals surface area (Å²) in [5.41, 5.74) is 5.41. The van der Waals surface area contributed by atoms with Gasteiger partial charge < -0.3 is 10.3 Å². The van der Waals surface area contributed by atoms with E-state index >= 15 is 0 Å². The molecule has 0 spiro atoms. The van der Waals surface area contributed by atoms with Crippen molar-refractivity contribution in [3.05, 3.63) is 12.2 Å². The van der Waals surface area contributed by atoms with Gasteiger partial charge in [0.25, 0.3) is 0 Å². The molecule has 0 aliphatic carbocycles. The predicted octanol–water partition coefficient (Wildman–Crippen LogP) is 1.04. The highest BCUT2D eigenvalue weighted by molar-refractivity contribution is 7.99. The Bertz CT molecular complexity index is 202. The van der Waals surface area contributed by atoms with E-state index in [0.717, 1.165) is 18.7 Å². The summed E-state index contributed by atoms with van der Waals surface area (Å²) in [5.74, 6) is 1.46. The number of rotatable bonds is 5. The van der Waals surface area contributed by atoms with E-state index in [1.165, 1.54) is 6.33 Å². The molecule has 1 aromatic heterocycles. The zero-order valence-corrected chi connectivity index (χ0v) is 7.88. The summed E-state index contributed by atoms with van der Waals surface area (Å²) in [4.78, 5) is 3.92. The highest BCUT2D eigenvalue weighted by Crippen LogP contribution is 2.17. The first-order valence-electron chi connectivity index (χ1n) is 3.90. The van der Waals surface area contributed by atoms with Crippen LogP contribution in [-0.4, -0.2) is 21.9 Å². The molecule has 1 heterocycles. The normalized spacial score (nSPS) is 13.2. The number of aromatic nitrogens is 2. The Balaban J connectivity index is 2.17.